The van der Waals surface area contributed by atoms with Crippen molar-refractivity contribution in [1.82, 2.24) is 20.3 Å². The highest BCUT2D eigenvalue weighted by Crippen LogP contribution is 1.98. The molecule has 0 radical (unpaired) electrons. The Labute approximate surface area is 82.5 Å². The van der Waals surface area contributed by atoms with Gasteiger partial charge in [-0.05, 0) is 20.8 Å². The van der Waals surface area contributed by atoms with E-state index in [1.807, 2.05) is 20.8 Å². The van der Waals surface area contributed by atoms with Gasteiger partial charge in [0.15, 0.2) is 5.82 Å². The van der Waals surface area contributed by atoms with Gasteiger partial charge in [-0.2, -0.15) is 9.90 Å². The topological polar surface area (TPSA) is 85.8 Å². The van der Waals surface area contributed by atoms with Gasteiger partial charge in [0, 0.05) is 5.54 Å². The highest BCUT2D eigenvalue weighted by Gasteiger charge is 2.14. The van der Waals surface area contributed by atoms with Crippen molar-refractivity contribution in [3.63, 3.8) is 0 Å². The van der Waals surface area contributed by atoms with E-state index in [1.165, 1.54) is 11.0 Å². The monoisotopic (exact) mass is 197 g/mol. The quantitative estimate of drug-likeness (QED) is 0.686. The molecule has 1 rings (SSSR count). The third kappa shape index (κ3) is 3.42. The molecule has 0 saturated heterocycles. The van der Waals surface area contributed by atoms with Gasteiger partial charge in [-0.3, -0.25) is 4.79 Å². The van der Waals surface area contributed by atoms with E-state index >= 15 is 0 Å². The molecule has 0 saturated carbocycles. The van der Waals surface area contributed by atoms with Crippen molar-refractivity contribution < 1.29 is 4.79 Å². The zero-order chi connectivity index (χ0) is 10.8. The number of nitrogens with one attached hydrogen (secondary N) is 1. The number of hydrogen-bond acceptors (Lipinski definition) is 4. The Kier molecular flexibility index (Phi) is 2.73. The summed E-state index contributed by atoms with van der Waals surface area (Å²) in [5, 5.41) is 10.4. The summed E-state index contributed by atoms with van der Waals surface area (Å²) in [6, 6.07) is 0. The minimum absolute atomic E-state index is 0.0917. The van der Waals surface area contributed by atoms with Gasteiger partial charge >= 0.3 is 0 Å². The number of amides is 1. The van der Waals surface area contributed by atoms with Crippen LogP contribution >= 0.6 is 0 Å². The van der Waals surface area contributed by atoms with Crippen molar-refractivity contribution in [3.8, 4) is 0 Å². The highest BCUT2D eigenvalue weighted by molar-refractivity contribution is 5.76. The molecular formula is C8H15N5O. The molecule has 0 unspecified atom stereocenters. The van der Waals surface area contributed by atoms with Gasteiger partial charge in [0.25, 0.3) is 0 Å². The van der Waals surface area contributed by atoms with E-state index in [4.69, 9.17) is 5.73 Å². The standard InChI is InChI=1S/C8H15N5O/c1-8(2,3)11-7(14)5-13-10-4-6(9)12-13/h4H,5H2,1-3H3,(H2,9,12)(H,11,14). The second-order valence-corrected chi connectivity index (χ2v) is 4.10. The summed E-state index contributed by atoms with van der Waals surface area (Å²) in [4.78, 5) is 12.6. The Hall–Kier alpha value is -1.59. The van der Waals surface area contributed by atoms with Crippen LogP contribution in [0.5, 0.6) is 0 Å². The lowest BCUT2D eigenvalue weighted by molar-refractivity contribution is -0.123. The van der Waals surface area contributed by atoms with Crippen molar-refractivity contribution in [2.75, 3.05) is 5.73 Å². The van der Waals surface area contributed by atoms with Gasteiger partial charge < -0.3 is 11.1 Å². The van der Waals surface area contributed by atoms with E-state index in [9.17, 15) is 4.79 Å². The van der Waals surface area contributed by atoms with Crippen LogP contribution in [0.1, 0.15) is 20.8 Å². The van der Waals surface area contributed by atoms with E-state index in [2.05, 4.69) is 15.5 Å². The molecule has 78 valence electrons. The lowest BCUT2D eigenvalue weighted by atomic mass is 10.1. The third-order valence-corrected chi connectivity index (χ3v) is 1.35. The molecule has 6 nitrogen and oxygen atoms in total. The normalized spacial score (nSPS) is 11.4. The van der Waals surface area contributed by atoms with Crippen LogP contribution in [0.3, 0.4) is 0 Å². The summed E-state index contributed by atoms with van der Waals surface area (Å²) in [5.74, 6) is 0.182. The van der Waals surface area contributed by atoms with Gasteiger partial charge in [-0.25, -0.2) is 0 Å². The molecule has 0 spiro atoms. The molecule has 0 fully saturated rings. The molecule has 6 heteroatoms. The lowest BCUT2D eigenvalue weighted by Gasteiger charge is -2.19. The molecule has 1 amide bonds. The molecule has 1 heterocycles. The fourth-order valence-electron chi connectivity index (χ4n) is 0.973. The van der Waals surface area contributed by atoms with Crippen LogP contribution in [0, 0.1) is 0 Å². The third-order valence-electron chi connectivity index (χ3n) is 1.35. The first-order chi connectivity index (χ1) is 6.37. The van der Waals surface area contributed by atoms with Crippen LogP contribution < -0.4 is 11.1 Å². The predicted octanol–water partition coefficient (Wildman–Crippen LogP) is -0.225. The van der Waals surface area contributed by atoms with Crippen molar-refractivity contribution >= 4 is 11.7 Å². The first-order valence-corrected chi connectivity index (χ1v) is 4.33. The number of hydrogen-bond donors (Lipinski definition) is 2. The molecule has 0 atom stereocenters. The summed E-state index contributed by atoms with van der Waals surface area (Å²) in [6.45, 7) is 5.83. The zero-order valence-electron chi connectivity index (χ0n) is 8.61. The maximum Gasteiger partial charge on any atom is 0.244 e. The number of rotatable bonds is 2. The van der Waals surface area contributed by atoms with Crippen molar-refractivity contribution in [1.29, 1.82) is 0 Å². The van der Waals surface area contributed by atoms with Crippen LogP contribution in [0.15, 0.2) is 6.20 Å². The van der Waals surface area contributed by atoms with Crippen LogP contribution in [-0.2, 0) is 11.3 Å². The van der Waals surface area contributed by atoms with Crippen molar-refractivity contribution in [3.05, 3.63) is 6.20 Å². The van der Waals surface area contributed by atoms with E-state index in [0.717, 1.165) is 0 Å². The molecule has 0 aliphatic carbocycles. The summed E-state index contributed by atoms with van der Waals surface area (Å²) in [5.41, 5.74) is 5.12. The van der Waals surface area contributed by atoms with Crippen LogP contribution in [0.2, 0.25) is 0 Å². The Balaban J connectivity index is 2.50. The number of carbonyl (C=O) groups excluding carboxylic acids is 1. The molecular weight excluding hydrogens is 182 g/mol. The van der Waals surface area contributed by atoms with Crippen LogP contribution in [0.4, 0.5) is 5.82 Å². The first-order valence-electron chi connectivity index (χ1n) is 4.33. The summed E-state index contributed by atoms with van der Waals surface area (Å²) in [6.07, 6.45) is 1.41. The summed E-state index contributed by atoms with van der Waals surface area (Å²) >= 11 is 0. The summed E-state index contributed by atoms with van der Waals surface area (Å²) < 4.78 is 0. The van der Waals surface area contributed by atoms with E-state index in [0.29, 0.717) is 5.82 Å². The molecule has 0 aliphatic rings. The minimum Gasteiger partial charge on any atom is -0.381 e. The molecule has 1 aromatic rings. The Morgan fingerprint density at radius 3 is 2.71 bits per heavy atom. The van der Waals surface area contributed by atoms with Crippen LogP contribution in [0.25, 0.3) is 0 Å². The molecule has 1 aromatic heterocycles. The van der Waals surface area contributed by atoms with Crippen molar-refractivity contribution in [2.24, 2.45) is 0 Å². The molecule has 3 N–H and O–H groups in total. The fraction of sp³-hybridized carbons (Fsp3) is 0.625. The van der Waals surface area contributed by atoms with E-state index in [-0.39, 0.29) is 18.0 Å². The number of nitrogens with zero attached hydrogens (tertiary/aromatic N) is 3. The maximum atomic E-state index is 11.4. The number of nitrogen functional groups attached to an aromatic ring is 1. The van der Waals surface area contributed by atoms with Crippen LogP contribution in [-0.4, -0.2) is 26.4 Å². The average Bonchev–Trinajstić information content (AvgIpc) is 2.30. The second-order valence-electron chi connectivity index (χ2n) is 4.10. The van der Waals surface area contributed by atoms with Gasteiger partial charge in [-0.15, -0.1) is 5.10 Å². The first kappa shape index (κ1) is 10.5. The van der Waals surface area contributed by atoms with Gasteiger partial charge in [0.2, 0.25) is 5.91 Å². The molecule has 14 heavy (non-hydrogen) atoms. The van der Waals surface area contributed by atoms with Crippen molar-refractivity contribution in [2.45, 2.75) is 32.9 Å². The molecule has 0 aromatic carbocycles. The summed E-state index contributed by atoms with van der Waals surface area (Å²) in [7, 11) is 0. The van der Waals surface area contributed by atoms with Gasteiger partial charge in [0.1, 0.15) is 6.54 Å². The maximum absolute atomic E-state index is 11.4. The van der Waals surface area contributed by atoms with Gasteiger partial charge in [-0.1, -0.05) is 0 Å². The Bertz CT molecular complexity index is 325. The SMILES string of the molecule is CC(C)(C)NC(=O)Cn1ncc(N)n1. The van der Waals surface area contributed by atoms with E-state index < -0.39 is 0 Å². The van der Waals surface area contributed by atoms with E-state index in [1.54, 1.807) is 0 Å². The second kappa shape index (κ2) is 3.65. The Morgan fingerprint density at radius 2 is 2.29 bits per heavy atom. The lowest BCUT2D eigenvalue weighted by Crippen LogP contribution is -2.42. The Morgan fingerprint density at radius 1 is 1.64 bits per heavy atom. The highest BCUT2D eigenvalue weighted by atomic mass is 16.2. The number of aromatic nitrogens is 3. The zero-order valence-corrected chi connectivity index (χ0v) is 8.61. The number of nitrogens with two attached hydrogens (primary N) is 1. The minimum atomic E-state index is -0.240. The molecule has 0 aliphatic heterocycles. The number of anilines is 1. The largest absolute Gasteiger partial charge is 0.381 e. The number of carbonyl (C=O) groups is 1. The predicted molar refractivity (Wildman–Crippen MR) is 52.3 cm³/mol. The smallest absolute Gasteiger partial charge is 0.244 e. The van der Waals surface area contributed by atoms with Gasteiger partial charge in [0.05, 0.1) is 6.20 Å². The average molecular weight is 197 g/mol. The molecule has 0 bridgehead atoms. The fourth-order valence-corrected chi connectivity index (χ4v) is 0.973.